The highest BCUT2D eigenvalue weighted by Gasteiger charge is 2.33. The summed E-state index contributed by atoms with van der Waals surface area (Å²) in [5.41, 5.74) is 0.655. The SMILES string of the molecule is O=C(O)c1nn(CC(=O)N2c3ccccc3OC[C@H]2c2ccccc2)c(=O)c2ccccc12. The third-order valence-corrected chi connectivity index (χ3v) is 5.64. The van der Waals surface area contributed by atoms with Gasteiger partial charge in [0, 0.05) is 5.39 Å². The molecule has 8 nitrogen and oxygen atoms in total. The Balaban J connectivity index is 1.59. The van der Waals surface area contributed by atoms with Crippen LogP contribution in [-0.2, 0) is 11.3 Å². The Morgan fingerprint density at radius 1 is 0.939 bits per heavy atom. The van der Waals surface area contributed by atoms with E-state index in [2.05, 4.69) is 5.10 Å². The van der Waals surface area contributed by atoms with Crippen molar-refractivity contribution in [2.24, 2.45) is 0 Å². The Kier molecular flexibility index (Phi) is 5.10. The molecule has 5 rings (SSSR count). The maximum atomic E-state index is 13.6. The summed E-state index contributed by atoms with van der Waals surface area (Å²) in [7, 11) is 0. The largest absolute Gasteiger partial charge is 0.489 e. The summed E-state index contributed by atoms with van der Waals surface area (Å²) in [6, 6.07) is 22.6. The molecule has 1 aliphatic rings. The Morgan fingerprint density at radius 3 is 2.36 bits per heavy atom. The quantitative estimate of drug-likeness (QED) is 0.522. The highest BCUT2D eigenvalue weighted by molar-refractivity contribution is 6.01. The van der Waals surface area contributed by atoms with Gasteiger partial charge < -0.3 is 9.84 Å². The molecule has 1 aliphatic heterocycles. The number of hydrogen-bond acceptors (Lipinski definition) is 5. The first-order valence-electron chi connectivity index (χ1n) is 10.4. The van der Waals surface area contributed by atoms with Gasteiger partial charge in [0.1, 0.15) is 18.9 Å². The van der Waals surface area contributed by atoms with Crippen molar-refractivity contribution in [3.05, 3.63) is 100 Å². The molecule has 0 saturated carbocycles. The second kappa shape index (κ2) is 8.23. The van der Waals surface area contributed by atoms with Gasteiger partial charge in [-0.25, -0.2) is 9.48 Å². The zero-order valence-corrected chi connectivity index (χ0v) is 17.4. The van der Waals surface area contributed by atoms with Crippen LogP contribution in [0.15, 0.2) is 83.7 Å². The Bertz CT molecular complexity index is 1430. The van der Waals surface area contributed by atoms with Crippen molar-refractivity contribution in [1.29, 1.82) is 0 Å². The Labute approximate surface area is 188 Å². The average molecular weight is 441 g/mol. The van der Waals surface area contributed by atoms with Gasteiger partial charge in [-0.3, -0.25) is 14.5 Å². The standard InChI is InChI=1S/C25H19N3O5/c29-22(14-27-24(30)18-11-5-4-10-17(18)23(26-27)25(31)32)28-19-12-6-7-13-21(19)33-15-20(28)16-8-2-1-3-9-16/h1-13,20H,14-15H2,(H,31,32)/t20-/m0/s1. The monoisotopic (exact) mass is 441 g/mol. The summed E-state index contributed by atoms with van der Waals surface area (Å²) in [5, 5.41) is 14.1. The van der Waals surface area contributed by atoms with Crippen molar-refractivity contribution >= 4 is 28.3 Å². The minimum absolute atomic E-state index is 0.194. The number of carboxylic acid groups (broad SMARTS) is 1. The van der Waals surface area contributed by atoms with Gasteiger partial charge in [-0.05, 0) is 23.8 Å². The number of carboxylic acids is 1. The minimum Gasteiger partial charge on any atom is -0.489 e. The molecule has 0 unspecified atom stereocenters. The number of rotatable bonds is 4. The number of anilines is 1. The van der Waals surface area contributed by atoms with Gasteiger partial charge in [0.15, 0.2) is 5.69 Å². The molecule has 0 saturated heterocycles. The number of para-hydroxylation sites is 2. The highest BCUT2D eigenvalue weighted by Crippen LogP contribution is 2.39. The van der Waals surface area contributed by atoms with E-state index in [0.29, 0.717) is 11.4 Å². The predicted octanol–water partition coefficient (Wildman–Crippen LogP) is 3.26. The summed E-state index contributed by atoms with van der Waals surface area (Å²) in [6.45, 7) is -0.172. The van der Waals surface area contributed by atoms with E-state index >= 15 is 0 Å². The van der Waals surface area contributed by atoms with E-state index < -0.39 is 30.0 Å². The molecule has 2 heterocycles. The second-order valence-electron chi connectivity index (χ2n) is 7.63. The lowest BCUT2D eigenvalue weighted by molar-refractivity contribution is -0.120. The van der Waals surface area contributed by atoms with Gasteiger partial charge in [0.05, 0.1) is 17.1 Å². The summed E-state index contributed by atoms with van der Waals surface area (Å²) in [5.74, 6) is -1.12. The average Bonchev–Trinajstić information content (AvgIpc) is 2.85. The molecule has 1 N–H and O–H groups in total. The maximum Gasteiger partial charge on any atom is 0.357 e. The van der Waals surface area contributed by atoms with E-state index in [0.717, 1.165) is 10.2 Å². The van der Waals surface area contributed by atoms with Crippen LogP contribution in [0, 0.1) is 0 Å². The lowest BCUT2D eigenvalue weighted by atomic mass is 10.0. The lowest BCUT2D eigenvalue weighted by Crippen LogP contribution is -2.44. The maximum absolute atomic E-state index is 13.6. The number of ether oxygens (including phenoxy) is 1. The van der Waals surface area contributed by atoms with E-state index in [-0.39, 0.29) is 23.1 Å². The van der Waals surface area contributed by atoms with E-state index in [1.807, 2.05) is 36.4 Å². The molecule has 1 aromatic heterocycles. The zero-order chi connectivity index (χ0) is 22.9. The van der Waals surface area contributed by atoms with Crippen LogP contribution < -0.4 is 15.2 Å². The Morgan fingerprint density at radius 2 is 1.61 bits per heavy atom. The van der Waals surface area contributed by atoms with Crippen molar-refractivity contribution in [2.75, 3.05) is 11.5 Å². The van der Waals surface area contributed by atoms with Crippen molar-refractivity contribution in [1.82, 2.24) is 9.78 Å². The number of aromatic carboxylic acids is 1. The van der Waals surface area contributed by atoms with E-state index in [1.54, 1.807) is 35.2 Å². The summed E-state index contributed by atoms with van der Waals surface area (Å²) >= 11 is 0. The molecule has 4 aromatic rings. The van der Waals surface area contributed by atoms with Crippen molar-refractivity contribution in [3.63, 3.8) is 0 Å². The molecular weight excluding hydrogens is 422 g/mol. The van der Waals surface area contributed by atoms with Crippen LogP contribution in [0.5, 0.6) is 5.75 Å². The molecule has 8 heteroatoms. The topological polar surface area (TPSA) is 102 Å². The molecule has 0 aliphatic carbocycles. The number of hydrogen-bond donors (Lipinski definition) is 1. The minimum atomic E-state index is -1.27. The molecule has 0 radical (unpaired) electrons. The summed E-state index contributed by atoms with van der Waals surface area (Å²) in [6.07, 6.45) is 0. The van der Waals surface area contributed by atoms with Crippen molar-refractivity contribution in [2.45, 2.75) is 12.6 Å². The van der Waals surface area contributed by atoms with E-state index in [9.17, 15) is 19.5 Å². The van der Waals surface area contributed by atoms with Crippen LogP contribution >= 0.6 is 0 Å². The number of carbonyl (C=O) groups is 2. The predicted molar refractivity (Wildman–Crippen MR) is 122 cm³/mol. The van der Waals surface area contributed by atoms with Crippen molar-refractivity contribution in [3.8, 4) is 5.75 Å². The molecule has 0 bridgehead atoms. The molecule has 33 heavy (non-hydrogen) atoms. The van der Waals surface area contributed by atoms with Crippen LogP contribution in [0.1, 0.15) is 22.1 Å². The van der Waals surface area contributed by atoms with Gasteiger partial charge in [0.25, 0.3) is 5.56 Å². The van der Waals surface area contributed by atoms with Crippen LogP contribution in [0.25, 0.3) is 10.8 Å². The fourth-order valence-electron chi connectivity index (χ4n) is 4.12. The number of benzene rings is 3. The van der Waals surface area contributed by atoms with Gasteiger partial charge in [-0.15, -0.1) is 0 Å². The first-order chi connectivity index (χ1) is 16.0. The highest BCUT2D eigenvalue weighted by atomic mass is 16.5. The van der Waals surface area contributed by atoms with Gasteiger partial charge >= 0.3 is 5.97 Å². The molecule has 0 spiro atoms. The molecule has 164 valence electrons. The van der Waals surface area contributed by atoms with Crippen molar-refractivity contribution < 1.29 is 19.4 Å². The third-order valence-electron chi connectivity index (χ3n) is 5.64. The van der Waals surface area contributed by atoms with Crippen LogP contribution in [0.2, 0.25) is 0 Å². The van der Waals surface area contributed by atoms with Crippen LogP contribution in [0.3, 0.4) is 0 Å². The van der Waals surface area contributed by atoms with Gasteiger partial charge in [-0.2, -0.15) is 5.10 Å². The number of carbonyl (C=O) groups excluding carboxylic acids is 1. The Hall–Kier alpha value is -4.46. The first kappa shape index (κ1) is 20.4. The molecule has 0 fully saturated rings. The second-order valence-corrected chi connectivity index (χ2v) is 7.63. The molecule has 1 amide bonds. The normalized spacial score (nSPS) is 15.0. The summed E-state index contributed by atoms with van der Waals surface area (Å²) in [4.78, 5) is 40.0. The third kappa shape index (κ3) is 3.61. The molecular formula is C25H19N3O5. The number of amides is 1. The fraction of sp³-hybridized carbons (Fsp3) is 0.120. The van der Waals surface area contributed by atoms with Crippen LogP contribution in [-0.4, -0.2) is 33.4 Å². The first-order valence-corrected chi connectivity index (χ1v) is 10.4. The fourth-order valence-corrected chi connectivity index (χ4v) is 4.12. The van der Waals surface area contributed by atoms with Gasteiger partial charge in [-0.1, -0.05) is 60.7 Å². The lowest BCUT2D eigenvalue weighted by Gasteiger charge is -2.37. The zero-order valence-electron chi connectivity index (χ0n) is 17.4. The van der Waals surface area contributed by atoms with E-state index in [1.165, 1.54) is 12.1 Å². The van der Waals surface area contributed by atoms with Crippen LogP contribution in [0.4, 0.5) is 5.69 Å². The molecule has 3 aromatic carbocycles. The molecule has 1 atom stereocenters. The summed E-state index contributed by atoms with van der Waals surface area (Å²) < 4.78 is 6.82. The number of nitrogens with zero attached hydrogens (tertiary/aromatic N) is 3. The van der Waals surface area contributed by atoms with E-state index in [4.69, 9.17) is 4.74 Å². The smallest absolute Gasteiger partial charge is 0.357 e. The van der Waals surface area contributed by atoms with Gasteiger partial charge in [0.2, 0.25) is 5.91 Å². The number of fused-ring (bicyclic) bond motifs is 2. The number of aromatic nitrogens is 2.